The van der Waals surface area contributed by atoms with Gasteiger partial charge in [0.2, 0.25) is 0 Å². The molecule has 0 amide bonds. The Balaban J connectivity index is 1.65. The van der Waals surface area contributed by atoms with Gasteiger partial charge in [-0.2, -0.15) is 0 Å². The third kappa shape index (κ3) is 3.31. The molecule has 0 aliphatic heterocycles. The molecule has 3 nitrogen and oxygen atoms in total. The molecule has 1 aromatic heterocycles. The number of aryl methyl sites for hydroxylation is 2. The van der Waals surface area contributed by atoms with Crippen molar-refractivity contribution in [3.63, 3.8) is 0 Å². The molecule has 3 heteroatoms. The second-order valence-corrected chi connectivity index (χ2v) is 5.17. The average molecular weight is 278 g/mol. The highest BCUT2D eigenvalue weighted by molar-refractivity contribution is 5.61. The molecule has 3 aromatic rings. The van der Waals surface area contributed by atoms with E-state index in [1.165, 1.54) is 11.1 Å². The largest absolute Gasteiger partial charge is 0.449 e. The maximum absolute atomic E-state index is 5.24. The summed E-state index contributed by atoms with van der Waals surface area (Å²) in [7, 11) is 0. The van der Waals surface area contributed by atoms with Gasteiger partial charge in [-0.25, -0.2) is 4.98 Å². The highest BCUT2D eigenvalue weighted by atomic mass is 16.3. The Labute approximate surface area is 124 Å². The van der Waals surface area contributed by atoms with Crippen molar-refractivity contribution in [2.24, 2.45) is 0 Å². The monoisotopic (exact) mass is 278 g/mol. The number of hydrogen-bond acceptors (Lipinski definition) is 3. The van der Waals surface area contributed by atoms with Crippen molar-refractivity contribution in [3.05, 3.63) is 71.8 Å². The summed E-state index contributed by atoms with van der Waals surface area (Å²) in [6.45, 7) is 4.77. The fraction of sp³-hybridized carbons (Fsp3) is 0.167. The number of rotatable bonds is 4. The van der Waals surface area contributed by atoms with Gasteiger partial charge in [0.15, 0.2) is 5.89 Å². The normalized spacial score (nSPS) is 10.6. The first-order valence-electron chi connectivity index (χ1n) is 7.03. The molecule has 0 aliphatic rings. The predicted octanol–water partition coefficient (Wildman–Crippen LogP) is 4.57. The summed E-state index contributed by atoms with van der Waals surface area (Å²) < 4.78 is 5.24. The molecule has 0 spiro atoms. The molecule has 106 valence electrons. The first kappa shape index (κ1) is 13.4. The quantitative estimate of drug-likeness (QED) is 0.759. The lowest BCUT2D eigenvalue weighted by atomic mass is 10.1. The van der Waals surface area contributed by atoms with E-state index >= 15 is 0 Å². The van der Waals surface area contributed by atoms with Crippen molar-refractivity contribution >= 4 is 5.69 Å². The maximum atomic E-state index is 5.24. The van der Waals surface area contributed by atoms with Crippen LogP contribution in [0.15, 0.2) is 59.2 Å². The number of oxazole rings is 1. The Hall–Kier alpha value is -2.55. The average Bonchev–Trinajstić information content (AvgIpc) is 2.94. The number of nitrogens with zero attached hydrogens (tertiary/aromatic N) is 1. The zero-order valence-corrected chi connectivity index (χ0v) is 12.3. The van der Waals surface area contributed by atoms with Gasteiger partial charge in [-0.3, -0.25) is 0 Å². The van der Waals surface area contributed by atoms with E-state index < -0.39 is 0 Å². The van der Waals surface area contributed by atoms with Crippen molar-refractivity contribution in [1.82, 2.24) is 4.98 Å². The van der Waals surface area contributed by atoms with Crippen LogP contribution in [0.25, 0.3) is 11.3 Å². The third-order valence-electron chi connectivity index (χ3n) is 3.42. The second kappa shape index (κ2) is 5.83. The molecule has 0 atom stereocenters. The van der Waals surface area contributed by atoms with Crippen molar-refractivity contribution in [2.75, 3.05) is 5.32 Å². The summed E-state index contributed by atoms with van der Waals surface area (Å²) in [6, 6.07) is 16.8. The minimum atomic E-state index is 0.687. The highest BCUT2D eigenvalue weighted by Gasteiger charge is 2.03. The SMILES string of the molecule is Cc1ccc(CNc2ccc(-c3coc(C)n3)cc2)cc1. The Bertz CT molecular complexity index is 712. The Morgan fingerprint density at radius 1 is 0.952 bits per heavy atom. The number of hydrogen-bond donors (Lipinski definition) is 1. The highest BCUT2D eigenvalue weighted by Crippen LogP contribution is 2.21. The fourth-order valence-electron chi connectivity index (χ4n) is 2.16. The molecule has 0 radical (unpaired) electrons. The number of anilines is 1. The van der Waals surface area contributed by atoms with Crippen LogP contribution in [0.5, 0.6) is 0 Å². The van der Waals surface area contributed by atoms with Crippen LogP contribution in [0, 0.1) is 13.8 Å². The van der Waals surface area contributed by atoms with E-state index in [9.17, 15) is 0 Å². The number of benzene rings is 2. The first-order valence-corrected chi connectivity index (χ1v) is 7.03. The van der Waals surface area contributed by atoms with Crippen LogP contribution in [-0.4, -0.2) is 4.98 Å². The van der Waals surface area contributed by atoms with Gasteiger partial charge in [0.1, 0.15) is 12.0 Å². The molecular formula is C18H18N2O. The molecule has 0 bridgehead atoms. The second-order valence-electron chi connectivity index (χ2n) is 5.17. The van der Waals surface area contributed by atoms with E-state index in [0.29, 0.717) is 5.89 Å². The van der Waals surface area contributed by atoms with Gasteiger partial charge in [-0.15, -0.1) is 0 Å². The summed E-state index contributed by atoms with van der Waals surface area (Å²) >= 11 is 0. The number of aromatic nitrogens is 1. The zero-order chi connectivity index (χ0) is 14.7. The first-order chi connectivity index (χ1) is 10.2. The van der Waals surface area contributed by atoms with E-state index in [2.05, 4.69) is 65.8 Å². The molecular weight excluding hydrogens is 260 g/mol. The molecule has 0 unspecified atom stereocenters. The van der Waals surface area contributed by atoms with Crippen LogP contribution in [0.1, 0.15) is 17.0 Å². The predicted molar refractivity (Wildman–Crippen MR) is 85.2 cm³/mol. The van der Waals surface area contributed by atoms with E-state index in [0.717, 1.165) is 23.5 Å². The molecule has 0 aliphatic carbocycles. The van der Waals surface area contributed by atoms with Gasteiger partial charge in [0.05, 0.1) is 0 Å². The van der Waals surface area contributed by atoms with Crippen LogP contribution in [0.3, 0.4) is 0 Å². The van der Waals surface area contributed by atoms with Gasteiger partial charge < -0.3 is 9.73 Å². The van der Waals surface area contributed by atoms with Crippen molar-refractivity contribution in [3.8, 4) is 11.3 Å². The van der Waals surface area contributed by atoms with Crippen molar-refractivity contribution in [1.29, 1.82) is 0 Å². The van der Waals surface area contributed by atoms with Crippen LogP contribution in [0.4, 0.5) is 5.69 Å². The molecule has 3 rings (SSSR count). The molecule has 1 N–H and O–H groups in total. The van der Waals surface area contributed by atoms with Crippen LogP contribution in [-0.2, 0) is 6.54 Å². The van der Waals surface area contributed by atoms with Gasteiger partial charge in [0, 0.05) is 24.7 Å². The molecule has 0 fully saturated rings. The summed E-state index contributed by atoms with van der Waals surface area (Å²) in [6.07, 6.45) is 1.68. The third-order valence-corrected chi connectivity index (χ3v) is 3.42. The maximum Gasteiger partial charge on any atom is 0.191 e. The summed E-state index contributed by atoms with van der Waals surface area (Å²) in [5.41, 5.74) is 5.59. The molecule has 2 aromatic carbocycles. The van der Waals surface area contributed by atoms with Gasteiger partial charge in [-0.05, 0) is 24.6 Å². The van der Waals surface area contributed by atoms with Gasteiger partial charge >= 0.3 is 0 Å². The molecule has 21 heavy (non-hydrogen) atoms. The van der Waals surface area contributed by atoms with E-state index in [-0.39, 0.29) is 0 Å². The Morgan fingerprint density at radius 2 is 1.67 bits per heavy atom. The topological polar surface area (TPSA) is 38.1 Å². The lowest BCUT2D eigenvalue weighted by Crippen LogP contribution is -1.99. The van der Waals surface area contributed by atoms with Gasteiger partial charge in [0.25, 0.3) is 0 Å². The zero-order valence-electron chi connectivity index (χ0n) is 12.3. The Kier molecular flexibility index (Phi) is 3.73. The molecule has 0 saturated heterocycles. The minimum Gasteiger partial charge on any atom is -0.449 e. The summed E-state index contributed by atoms with van der Waals surface area (Å²) in [4.78, 5) is 4.33. The fourth-order valence-corrected chi connectivity index (χ4v) is 2.16. The standard InChI is InChI=1S/C18H18N2O/c1-13-3-5-15(6-4-13)11-19-17-9-7-16(8-10-17)18-12-21-14(2)20-18/h3-10,12,19H,11H2,1-2H3. The van der Waals surface area contributed by atoms with Crippen LogP contribution in [0.2, 0.25) is 0 Å². The van der Waals surface area contributed by atoms with Crippen molar-refractivity contribution < 1.29 is 4.42 Å². The van der Waals surface area contributed by atoms with Crippen molar-refractivity contribution in [2.45, 2.75) is 20.4 Å². The summed E-state index contributed by atoms with van der Waals surface area (Å²) in [5.74, 6) is 0.687. The van der Waals surface area contributed by atoms with E-state index in [4.69, 9.17) is 4.42 Å². The summed E-state index contributed by atoms with van der Waals surface area (Å²) in [5, 5.41) is 3.42. The smallest absolute Gasteiger partial charge is 0.191 e. The minimum absolute atomic E-state index is 0.687. The molecule has 0 saturated carbocycles. The number of nitrogens with one attached hydrogen (secondary N) is 1. The van der Waals surface area contributed by atoms with E-state index in [1.54, 1.807) is 6.26 Å². The van der Waals surface area contributed by atoms with Gasteiger partial charge in [-0.1, -0.05) is 42.0 Å². The lowest BCUT2D eigenvalue weighted by molar-refractivity contribution is 0.521. The van der Waals surface area contributed by atoms with E-state index in [1.807, 2.05) is 6.92 Å². The lowest BCUT2D eigenvalue weighted by Gasteiger charge is -2.07. The Morgan fingerprint density at radius 3 is 2.29 bits per heavy atom. The van der Waals surface area contributed by atoms with Crippen LogP contribution >= 0.6 is 0 Å². The van der Waals surface area contributed by atoms with Crippen LogP contribution < -0.4 is 5.32 Å². The molecule has 1 heterocycles.